The SMILES string of the molecule is Cc1ccccc1C1(C(=O)N2CCOC(CN(C)CC(=O)O)C2)CCC1. The minimum Gasteiger partial charge on any atom is -0.480 e. The molecule has 2 aliphatic rings. The number of aliphatic carboxylic acids is 1. The normalized spacial score (nSPS) is 22.1. The van der Waals surface area contributed by atoms with E-state index >= 15 is 0 Å². The van der Waals surface area contributed by atoms with Crippen LogP contribution in [0, 0.1) is 6.92 Å². The number of morpholine rings is 1. The van der Waals surface area contributed by atoms with Gasteiger partial charge >= 0.3 is 5.97 Å². The number of carboxylic acids is 1. The Hall–Kier alpha value is -1.92. The molecule has 0 aromatic heterocycles. The summed E-state index contributed by atoms with van der Waals surface area (Å²) in [6.45, 7) is 4.18. The lowest BCUT2D eigenvalue weighted by molar-refractivity contribution is -0.150. The summed E-state index contributed by atoms with van der Waals surface area (Å²) in [6.07, 6.45) is 2.73. The lowest BCUT2D eigenvalue weighted by Crippen LogP contribution is -2.57. The molecule has 1 aromatic rings. The van der Waals surface area contributed by atoms with Gasteiger partial charge in [-0.1, -0.05) is 30.7 Å². The van der Waals surface area contributed by atoms with Crippen molar-refractivity contribution < 1.29 is 19.4 Å². The van der Waals surface area contributed by atoms with Gasteiger partial charge in [-0.3, -0.25) is 14.5 Å². The first-order valence-corrected chi connectivity index (χ1v) is 9.30. The van der Waals surface area contributed by atoms with E-state index in [-0.39, 0.29) is 24.0 Å². The van der Waals surface area contributed by atoms with Crippen molar-refractivity contribution in [2.75, 3.05) is 39.8 Å². The van der Waals surface area contributed by atoms with Crippen LogP contribution < -0.4 is 0 Å². The molecule has 1 N–H and O–H groups in total. The monoisotopic (exact) mass is 360 g/mol. The molecule has 1 heterocycles. The Labute approximate surface area is 154 Å². The van der Waals surface area contributed by atoms with E-state index in [2.05, 4.69) is 19.1 Å². The third-order valence-corrected chi connectivity index (χ3v) is 5.62. The molecule has 6 heteroatoms. The highest BCUT2D eigenvalue weighted by Crippen LogP contribution is 2.46. The van der Waals surface area contributed by atoms with Crippen molar-refractivity contribution in [3.8, 4) is 0 Å². The molecule has 26 heavy (non-hydrogen) atoms. The standard InChI is InChI=1S/C20H28N2O4/c1-15-6-3-4-7-17(15)20(8-5-9-20)19(25)22-10-11-26-16(13-22)12-21(2)14-18(23)24/h3-4,6-7,16H,5,8-14H2,1-2H3,(H,23,24). The molecule has 0 spiro atoms. The van der Waals surface area contributed by atoms with Crippen molar-refractivity contribution in [2.24, 2.45) is 0 Å². The van der Waals surface area contributed by atoms with Crippen LogP contribution in [0.5, 0.6) is 0 Å². The van der Waals surface area contributed by atoms with E-state index in [0.717, 1.165) is 24.8 Å². The number of nitrogens with zero attached hydrogens (tertiary/aromatic N) is 2. The summed E-state index contributed by atoms with van der Waals surface area (Å²) in [6, 6.07) is 8.19. The largest absolute Gasteiger partial charge is 0.480 e. The van der Waals surface area contributed by atoms with E-state index in [1.165, 1.54) is 5.56 Å². The molecule has 1 saturated carbocycles. The fraction of sp³-hybridized carbons (Fsp3) is 0.600. The molecule has 6 nitrogen and oxygen atoms in total. The van der Waals surface area contributed by atoms with Gasteiger partial charge in [-0.25, -0.2) is 0 Å². The maximum Gasteiger partial charge on any atom is 0.317 e. The summed E-state index contributed by atoms with van der Waals surface area (Å²) in [5, 5.41) is 8.90. The summed E-state index contributed by atoms with van der Waals surface area (Å²) >= 11 is 0. The maximum atomic E-state index is 13.4. The van der Waals surface area contributed by atoms with Crippen LogP contribution in [0.1, 0.15) is 30.4 Å². The second-order valence-electron chi connectivity index (χ2n) is 7.59. The van der Waals surface area contributed by atoms with Crippen LogP contribution in [-0.4, -0.2) is 72.7 Å². The van der Waals surface area contributed by atoms with E-state index in [1.807, 2.05) is 17.0 Å². The van der Waals surface area contributed by atoms with Crippen molar-refractivity contribution in [3.63, 3.8) is 0 Å². The average molecular weight is 360 g/mol. The highest BCUT2D eigenvalue weighted by atomic mass is 16.5. The molecular weight excluding hydrogens is 332 g/mol. The molecule has 142 valence electrons. The predicted molar refractivity (Wildman–Crippen MR) is 98.2 cm³/mol. The minimum atomic E-state index is -0.857. The van der Waals surface area contributed by atoms with Crippen LogP contribution in [0.4, 0.5) is 0 Å². The smallest absolute Gasteiger partial charge is 0.317 e. The number of hydrogen-bond acceptors (Lipinski definition) is 4. The van der Waals surface area contributed by atoms with Gasteiger partial charge in [0.25, 0.3) is 0 Å². The summed E-state index contributed by atoms with van der Waals surface area (Å²) < 4.78 is 5.78. The van der Waals surface area contributed by atoms with Crippen molar-refractivity contribution >= 4 is 11.9 Å². The zero-order chi connectivity index (χ0) is 18.7. The second kappa shape index (κ2) is 7.76. The Morgan fingerprint density at radius 1 is 1.35 bits per heavy atom. The summed E-state index contributed by atoms with van der Waals surface area (Å²) in [5.41, 5.74) is 1.94. The number of hydrogen-bond donors (Lipinski definition) is 1. The van der Waals surface area contributed by atoms with Crippen molar-refractivity contribution in [1.29, 1.82) is 0 Å². The molecule has 1 amide bonds. The maximum absolute atomic E-state index is 13.4. The van der Waals surface area contributed by atoms with Crippen LogP contribution in [0.15, 0.2) is 24.3 Å². The number of aryl methyl sites for hydroxylation is 1. The number of rotatable bonds is 6. The number of carboxylic acid groups (broad SMARTS) is 1. The molecule has 2 fully saturated rings. The van der Waals surface area contributed by atoms with Gasteiger partial charge in [-0.05, 0) is 37.9 Å². The van der Waals surface area contributed by atoms with Crippen LogP contribution in [0.2, 0.25) is 0 Å². The van der Waals surface area contributed by atoms with Crippen molar-refractivity contribution in [3.05, 3.63) is 35.4 Å². The number of benzene rings is 1. The number of carbonyl (C=O) groups excluding carboxylic acids is 1. The number of likely N-dealkylation sites (N-methyl/N-ethyl adjacent to an activating group) is 1. The third-order valence-electron chi connectivity index (χ3n) is 5.62. The van der Waals surface area contributed by atoms with Crippen LogP contribution in [-0.2, 0) is 19.7 Å². The van der Waals surface area contributed by atoms with E-state index in [0.29, 0.717) is 26.2 Å². The Morgan fingerprint density at radius 2 is 2.08 bits per heavy atom. The van der Waals surface area contributed by atoms with Crippen molar-refractivity contribution in [2.45, 2.75) is 37.7 Å². The Morgan fingerprint density at radius 3 is 2.69 bits per heavy atom. The molecule has 1 aliphatic heterocycles. The molecule has 1 aliphatic carbocycles. The molecule has 3 rings (SSSR count). The van der Waals surface area contributed by atoms with E-state index in [4.69, 9.17) is 9.84 Å². The fourth-order valence-corrected chi connectivity index (χ4v) is 4.20. The lowest BCUT2D eigenvalue weighted by atomic mass is 9.62. The predicted octanol–water partition coefficient (Wildman–Crippen LogP) is 1.66. The number of carbonyl (C=O) groups is 2. The van der Waals surface area contributed by atoms with Crippen LogP contribution in [0.25, 0.3) is 0 Å². The zero-order valence-electron chi connectivity index (χ0n) is 15.6. The number of ether oxygens (including phenoxy) is 1. The highest BCUT2D eigenvalue weighted by molar-refractivity contribution is 5.90. The van der Waals surface area contributed by atoms with Gasteiger partial charge in [0.1, 0.15) is 0 Å². The molecule has 1 unspecified atom stereocenters. The average Bonchev–Trinajstić information content (AvgIpc) is 2.55. The summed E-state index contributed by atoms with van der Waals surface area (Å²) in [4.78, 5) is 27.9. The lowest BCUT2D eigenvalue weighted by Gasteiger charge is -2.46. The third kappa shape index (κ3) is 3.76. The Kier molecular flexibility index (Phi) is 5.63. The summed E-state index contributed by atoms with van der Waals surface area (Å²) in [7, 11) is 1.76. The first-order valence-electron chi connectivity index (χ1n) is 9.30. The first kappa shape index (κ1) is 18.9. The zero-order valence-corrected chi connectivity index (χ0v) is 15.6. The molecule has 1 saturated heterocycles. The van der Waals surface area contributed by atoms with Gasteiger partial charge in [-0.15, -0.1) is 0 Å². The van der Waals surface area contributed by atoms with Crippen molar-refractivity contribution in [1.82, 2.24) is 9.80 Å². The van der Waals surface area contributed by atoms with E-state index in [9.17, 15) is 9.59 Å². The van der Waals surface area contributed by atoms with E-state index in [1.54, 1.807) is 11.9 Å². The van der Waals surface area contributed by atoms with Gasteiger partial charge in [0.05, 0.1) is 24.7 Å². The molecule has 1 atom stereocenters. The first-order chi connectivity index (χ1) is 12.4. The summed E-state index contributed by atoms with van der Waals surface area (Å²) in [5.74, 6) is -0.656. The molecular formula is C20H28N2O4. The Balaban J connectivity index is 1.70. The highest BCUT2D eigenvalue weighted by Gasteiger charge is 2.48. The molecule has 1 aromatic carbocycles. The van der Waals surface area contributed by atoms with Gasteiger partial charge in [0, 0.05) is 19.6 Å². The molecule has 0 bridgehead atoms. The fourth-order valence-electron chi connectivity index (χ4n) is 4.20. The quantitative estimate of drug-likeness (QED) is 0.836. The van der Waals surface area contributed by atoms with Gasteiger partial charge < -0.3 is 14.7 Å². The van der Waals surface area contributed by atoms with Gasteiger partial charge in [0.2, 0.25) is 5.91 Å². The Bertz CT molecular complexity index is 672. The van der Waals surface area contributed by atoms with Crippen LogP contribution >= 0.6 is 0 Å². The van der Waals surface area contributed by atoms with Gasteiger partial charge in [-0.2, -0.15) is 0 Å². The van der Waals surface area contributed by atoms with Gasteiger partial charge in [0.15, 0.2) is 0 Å². The van der Waals surface area contributed by atoms with E-state index < -0.39 is 5.97 Å². The molecule has 0 radical (unpaired) electrons. The topological polar surface area (TPSA) is 70.1 Å². The van der Waals surface area contributed by atoms with Crippen LogP contribution in [0.3, 0.4) is 0 Å². The number of amides is 1. The second-order valence-corrected chi connectivity index (χ2v) is 7.59. The minimum absolute atomic E-state index is 0.0268.